The van der Waals surface area contributed by atoms with E-state index >= 15 is 0 Å². The number of aromatic nitrogens is 4. The van der Waals surface area contributed by atoms with Gasteiger partial charge in [-0.1, -0.05) is 24.3 Å². The van der Waals surface area contributed by atoms with E-state index in [0.717, 1.165) is 17.0 Å². The number of para-hydroxylation sites is 1. The van der Waals surface area contributed by atoms with Gasteiger partial charge in [-0.2, -0.15) is 0 Å². The summed E-state index contributed by atoms with van der Waals surface area (Å²) in [6.07, 6.45) is 0. The highest BCUT2D eigenvalue weighted by Gasteiger charge is 2.15. The Morgan fingerprint density at radius 1 is 1.04 bits per heavy atom. The summed E-state index contributed by atoms with van der Waals surface area (Å²) in [4.78, 5) is 12.7. The molecule has 6 heteroatoms. The van der Waals surface area contributed by atoms with E-state index in [1.54, 1.807) is 4.57 Å². The van der Waals surface area contributed by atoms with Crippen molar-refractivity contribution < 1.29 is 0 Å². The Hall–Kier alpha value is -3.15. The molecule has 26 heavy (non-hydrogen) atoms. The first-order valence-corrected chi connectivity index (χ1v) is 8.77. The van der Waals surface area contributed by atoms with Crippen molar-refractivity contribution in [2.45, 2.75) is 33.9 Å². The van der Waals surface area contributed by atoms with Crippen LogP contribution in [0.2, 0.25) is 0 Å². The number of hydrogen-bond acceptors (Lipinski definition) is 4. The van der Waals surface area contributed by atoms with Crippen LogP contribution in [0.25, 0.3) is 16.7 Å². The fraction of sp³-hybridized carbons (Fsp3) is 0.250. The summed E-state index contributed by atoms with van der Waals surface area (Å²) in [6, 6.07) is 13.8. The van der Waals surface area contributed by atoms with Gasteiger partial charge < -0.3 is 5.32 Å². The Morgan fingerprint density at radius 3 is 2.65 bits per heavy atom. The van der Waals surface area contributed by atoms with E-state index in [4.69, 9.17) is 0 Å². The van der Waals surface area contributed by atoms with Crippen molar-refractivity contribution in [3.8, 4) is 0 Å². The molecule has 6 nitrogen and oxygen atoms in total. The zero-order valence-electron chi connectivity index (χ0n) is 15.2. The van der Waals surface area contributed by atoms with Crippen LogP contribution in [-0.4, -0.2) is 19.2 Å². The lowest BCUT2D eigenvalue weighted by molar-refractivity contribution is 0.734. The van der Waals surface area contributed by atoms with Crippen molar-refractivity contribution in [3.05, 3.63) is 69.8 Å². The highest BCUT2D eigenvalue weighted by molar-refractivity contribution is 5.80. The lowest BCUT2D eigenvalue weighted by Crippen LogP contribution is -2.23. The van der Waals surface area contributed by atoms with Crippen molar-refractivity contribution in [1.82, 2.24) is 19.2 Å². The zero-order chi connectivity index (χ0) is 18.3. The van der Waals surface area contributed by atoms with Crippen LogP contribution in [0.4, 0.5) is 5.69 Å². The molecule has 0 amide bonds. The summed E-state index contributed by atoms with van der Waals surface area (Å²) in [7, 11) is 0. The summed E-state index contributed by atoms with van der Waals surface area (Å²) in [5.41, 5.74) is 4.34. The van der Waals surface area contributed by atoms with Crippen LogP contribution in [0.15, 0.2) is 47.3 Å². The number of nitrogens with zero attached hydrogens (tertiary/aromatic N) is 4. The minimum absolute atomic E-state index is 0.0305. The fourth-order valence-electron chi connectivity index (χ4n) is 3.33. The number of fused-ring (bicyclic) bond motifs is 3. The van der Waals surface area contributed by atoms with Crippen LogP contribution >= 0.6 is 0 Å². The molecule has 2 heterocycles. The van der Waals surface area contributed by atoms with Gasteiger partial charge in [0.25, 0.3) is 5.56 Å². The molecule has 0 atom stereocenters. The largest absolute Gasteiger partial charge is 0.377 e. The molecule has 132 valence electrons. The van der Waals surface area contributed by atoms with Crippen molar-refractivity contribution in [3.63, 3.8) is 0 Å². The molecular formula is C20H21N5O. The molecule has 0 aliphatic carbocycles. The van der Waals surface area contributed by atoms with Crippen molar-refractivity contribution in [1.29, 1.82) is 0 Å². The molecule has 0 unspecified atom stereocenters. The third-order valence-electron chi connectivity index (χ3n) is 4.93. The highest BCUT2D eigenvalue weighted by atomic mass is 16.1. The van der Waals surface area contributed by atoms with E-state index in [2.05, 4.69) is 41.5 Å². The van der Waals surface area contributed by atoms with Gasteiger partial charge in [0.05, 0.1) is 17.4 Å². The number of rotatable bonds is 4. The van der Waals surface area contributed by atoms with Gasteiger partial charge in [0.1, 0.15) is 0 Å². The molecule has 0 radical (unpaired) electrons. The van der Waals surface area contributed by atoms with Gasteiger partial charge in [0, 0.05) is 12.2 Å². The minimum atomic E-state index is -0.0305. The molecule has 2 aromatic carbocycles. The van der Waals surface area contributed by atoms with Gasteiger partial charge in [-0.3, -0.25) is 13.8 Å². The highest BCUT2D eigenvalue weighted by Crippen LogP contribution is 2.20. The molecule has 0 saturated carbocycles. The van der Waals surface area contributed by atoms with E-state index in [-0.39, 0.29) is 5.56 Å². The molecule has 0 spiro atoms. The summed E-state index contributed by atoms with van der Waals surface area (Å²) in [6.45, 7) is 7.22. The molecule has 0 aliphatic heterocycles. The summed E-state index contributed by atoms with van der Waals surface area (Å²) < 4.78 is 3.63. The maximum Gasteiger partial charge on any atom is 0.262 e. The van der Waals surface area contributed by atoms with Gasteiger partial charge >= 0.3 is 0 Å². The smallest absolute Gasteiger partial charge is 0.262 e. The van der Waals surface area contributed by atoms with Crippen molar-refractivity contribution in [2.24, 2.45) is 0 Å². The molecule has 0 bridgehead atoms. The Bertz CT molecular complexity index is 1170. The second-order valence-corrected chi connectivity index (χ2v) is 6.42. The fourth-order valence-corrected chi connectivity index (χ4v) is 3.33. The van der Waals surface area contributed by atoms with Crippen LogP contribution in [0, 0.1) is 13.8 Å². The van der Waals surface area contributed by atoms with Crippen molar-refractivity contribution >= 4 is 22.4 Å². The Kier molecular flexibility index (Phi) is 3.95. The van der Waals surface area contributed by atoms with E-state index in [1.165, 1.54) is 11.1 Å². The minimum Gasteiger partial charge on any atom is -0.377 e. The number of benzene rings is 2. The Labute approximate surface area is 151 Å². The third kappa shape index (κ3) is 2.45. The van der Waals surface area contributed by atoms with E-state index < -0.39 is 0 Å². The van der Waals surface area contributed by atoms with Gasteiger partial charge in [-0.15, -0.1) is 10.2 Å². The second-order valence-electron chi connectivity index (χ2n) is 6.42. The van der Waals surface area contributed by atoms with E-state index in [9.17, 15) is 4.79 Å². The SMILES string of the molecule is CCn1c(=O)c2ccccc2n2c(CNc3cccc(C)c3C)nnc12. The van der Waals surface area contributed by atoms with E-state index in [1.807, 2.05) is 41.7 Å². The van der Waals surface area contributed by atoms with Gasteiger partial charge in [-0.25, -0.2) is 0 Å². The zero-order valence-corrected chi connectivity index (χ0v) is 15.2. The molecule has 1 N–H and O–H groups in total. The predicted octanol–water partition coefficient (Wildman–Crippen LogP) is 3.29. The molecule has 4 rings (SSSR count). The predicted molar refractivity (Wildman–Crippen MR) is 104 cm³/mol. The van der Waals surface area contributed by atoms with Crippen LogP contribution in [0.1, 0.15) is 23.9 Å². The monoisotopic (exact) mass is 347 g/mol. The lowest BCUT2D eigenvalue weighted by atomic mass is 10.1. The average molecular weight is 347 g/mol. The summed E-state index contributed by atoms with van der Waals surface area (Å²) in [5, 5.41) is 12.8. The normalized spacial score (nSPS) is 11.3. The topological polar surface area (TPSA) is 64.2 Å². The molecule has 0 aliphatic rings. The number of nitrogens with one attached hydrogen (secondary N) is 1. The Balaban J connectivity index is 1.85. The quantitative estimate of drug-likeness (QED) is 0.615. The van der Waals surface area contributed by atoms with Crippen LogP contribution < -0.4 is 10.9 Å². The molecule has 4 aromatic rings. The number of aryl methyl sites for hydroxylation is 2. The van der Waals surface area contributed by atoms with Crippen LogP contribution in [0.5, 0.6) is 0 Å². The third-order valence-corrected chi connectivity index (χ3v) is 4.93. The lowest BCUT2D eigenvalue weighted by Gasteiger charge is -2.12. The number of hydrogen-bond donors (Lipinski definition) is 1. The first-order valence-electron chi connectivity index (χ1n) is 8.77. The summed E-state index contributed by atoms with van der Waals surface area (Å²) >= 11 is 0. The average Bonchev–Trinajstić information content (AvgIpc) is 3.07. The molecule has 0 saturated heterocycles. The van der Waals surface area contributed by atoms with Gasteiger partial charge in [-0.05, 0) is 50.1 Å². The maximum atomic E-state index is 12.7. The number of anilines is 1. The van der Waals surface area contributed by atoms with Crippen molar-refractivity contribution in [2.75, 3.05) is 5.32 Å². The first-order chi connectivity index (χ1) is 12.6. The molecule has 0 fully saturated rings. The standard InChI is InChI=1S/C20H21N5O/c1-4-24-19(26)15-9-5-6-11-17(15)25-18(22-23-20(24)25)12-21-16-10-7-8-13(2)14(16)3/h5-11,21H,4,12H2,1-3H3. The second kappa shape index (κ2) is 6.29. The van der Waals surface area contributed by atoms with Gasteiger partial charge in [0.2, 0.25) is 5.78 Å². The van der Waals surface area contributed by atoms with Gasteiger partial charge in [0.15, 0.2) is 5.82 Å². The van der Waals surface area contributed by atoms with Crippen LogP contribution in [0.3, 0.4) is 0 Å². The Morgan fingerprint density at radius 2 is 1.85 bits per heavy atom. The van der Waals surface area contributed by atoms with Crippen LogP contribution in [-0.2, 0) is 13.1 Å². The molecule has 2 aromatic heterocycles. The van der Waals surface area contributed by atoms with E-state index in [0.29, 0.717) is 24.3 Å². The molecular weight excluding hydrogens is 326 g/mol. The summed E-state index contributed by atoms with van der Waals surface area (Å²) in [5.74, 6) is 1.35. The first kappa shape index (κ1) is 16.3. The maximum absolute atomic E-state index is 12.7.